The maximum Gasteiger partial charge on any atom is 0.338 e. The van der Waals surface area contributed by atoms with Gasteiger partial charge in [-0.05, 0) is 105 Å². The molecule has 0 aliphatic carbocycles. The van der Waals surface area contributed by atoms with Gasteiger partial charge in [0.15, 0.2) is 5.11 Å². The molecule has 4 rings (SSSR count). The highest BCUT2D eigenvalue weighted by Crippen LogP contribution is 2.29. The third-order valence-electron chi connectivity index (χ3n) is 6.56. The van der Waals surface area contributed by atoms with Gasteiger partial charge in [-0.2, -0.15) is 0 Å². The van der Waals surface area contributed by atoms with Crippen molar-refractivity contribution in [2.45, 2.75) is 39.7 Å². The van der Waals surface area contributed by atoms with Crippen LogP contribution in [0.15, 0.2) is 60.0 Å². The summed E-state index contributed by atoms with van der Waals surface area (Å²) in [6, 6.07) is 14.1. The average Bonchev–Trinajstić information content (AvgIpc) is 3.47. The van der Waals surface area contributed by atoms with E-state index in [0.29, 0.717) is 40.6 Å². The standard InChI is InChI=1S/C30H31N3O6S2/c1-4-38-28(36)20-6-10-22(11-7-20)31-26(34)18-24-27(35)33(23-12-8-21(9-13-23)29(37)39-5-2)30(40)32(24)16-14-25-19(3)15-17-41-25/h6-13,15,17,24H,4-5,14,16,18H2,1-3H3,(H,31,34)/t24-/m1/s1. The van der Waals surface area contributed by atoms with Crippen LogP contribution in [-0.2, 0) is 25.5 Å². The molecule has 0 bridgehead atoms. The molecule has 1 N–H and O–H groups in total. The predicted octanol–water partition coefficient (Wildman–Crippen LogP) is 4.98. The summed E-state index contributed by atoms with van der Waals surface area (Å²) in [7, 11) is 0. The second kappa shape index (κ2) is 13.5. The zero-order valence-corrected chi connectivity index (χ0v) is 24.7. The van der Waals surface area contributed by atoms with Crippen molar-refractivity contribution in [2.24, 2.45) is 0 Å². The van der Waals surface area contributed by atoms with Gasteiger partial charge in [-0.1, -0.05) is 0 Å². The number of amides is 2. The molecule has 0 spiro atoms. The highest BCUT2D eigenvalue weighted by molar-refractivity contribution is 7.80. The third kappa shape index (κ3) is 6.98. The number of carbonyl (C=O) groups is 4. The minimum Gasteiger partial charge on any atom is -0.462 e. The molecule has 1 aliphatic rings. The van der Waals surface area contributed by atoms with Gasteiger partial charge in [0.2, 0.25) is 5.91 Å². The van der Waals surface area contributed by atoms with Crippen LogP contribution >= 0.6 is 23.6 Å². The first-order valence-electron chi connectivity index (χ1n) is 13.2. The minimum atomic E-state index is -0.814. The van der Waals surface area contributed by atoms with Crippen molar-refractivity contribution in [3.63, 3.8) is 0 Å². The van der Waals surface area contributed by atoms with Crippen molar-refractivity contribution < 1.29 is 28.7 Å². The summed E-state index contributed by atoms with van der Waals surface area (Å²) in [5, 5.41) is 5.12. The molecular weight excluding hydrogens is 562 g/mol. The number of hydrogen-bond donors (Lipinski definition) is 1. The predicted molar refractivity (Wildman–Crippen MR) is 161 cm³/mol. The lowest BCUT2D eigenvalue weighted by atomic mass is 10.1. The van der Waals surface area contributed by atoms with Gasteiger partial charge in [0.25, 0.3) is 5.91 Å². The Hall–Kier alpha value is -4.09. The molecule has 41 heavy (non-hydrogen) atoms. The summed E-state index contributed by atoms with van der Waals surface area (Å²) < 4.78 is 10.0. The summed E-state index contributed by atoms with van der Waals surface area (Å²) in [4.78, 5) is 55.2. The SMILES string of the molecule is CCOC(=O)c1ccc(NC(=O)C[C@@H]2C(=O)N(c3ccc(C(=O)OCC)cc3)C(=S)N2CCc2sccc2C)cc1. The number of anilines is 2. The molecule has 0 saturated carbocycles. The Balaban J connectivity index is 1.52. The molecule has 2 amide bonds. The quantitative estimate of drug-likeness (QED) is 0.245. The van der Waals surface area contributed by atoms with Crippen LogP contribution in [0.1, 0.15) is 51.4 Å². The first-order chi connectivity index (χ1) is 19.7. The normalized spacial score (nSPS) is 14.8. The van der Waals surface area contributed by atoms with Gasteiger partial charge in [0.1, 0.15) is 6.04 Å². The number of thiophene rings is 1. The number of carbonyl (C=O) groups excluding carboxylic acids is 4. The Morgan fingerprint density at radius 3 is 2.05 bits per heavy atom. The average molecular weight is 594 g/mol. The first kappa shape index (κ1) is 29.9. The number of thiocarbonyl (C=S) groups is 1. The zero-order valence-electron chi connectivity index (χ0n) is 23.0. The van der Waals surface area contributed by atoms with Crippen molar-refractivity contribution in [3.05, 3.63) is 81.5 Å². The van der Waals surface area contributed by atoms with Crippen molar-refractivity contribution in [3.8, 4) is 0 Å². The van der Waals surface area contributed by atoms with E-state index >= 15 is 0 Å². The highest BCUT2D eigenvalue weighted by atomic mass is 32.1. The molecule has 2 aromatic carbocycles. The summed E-state index contributed by atoms with van der Waals surface area (Å²) in [6.45, 7) is 6.48. The fourth-order valence-corrected chi connectivity index (χ4v) is 5.77. The van der Waals surface area contributed by atoms with E-state index in [1.807, 2.05) is 18.4 Å². The van der Waals surface area contributed by atoms with Gasteiger partial charge >= 0.3 is 11.9 Å². The van der Waals surface area contributed by atoms with Crippen LogP contribution in [0.5, 0.6) is 0 Å². The Morgan fingerprint density at radius 1 is 0.927 bits per heavy atom. The fourth-order valence-electron chi connectivity index (χ4n) is 4.46. The van der Waals surface area contributed by atoms with E-state index in [4.69, 9.17) is 21.7 Å². The van der Waals surface area contributed by atoms with Gasteiger partial charge in [-0.3, -0.25) is 14.5 Å². The van der Waals surface area contributed by atoms with Crippen molar-refractivity contribution >= 4 is 63.8 Å². The summed E-state index contributed by atoms with van der Waals surface area (Å²) >= 11 is 7.40. The van der Waals surface area contributed by atoms with Crippen LogP contribution in [0.25, 0.3) is 0 Å². The molecule has 3 aromatic rings. The Morgan fingerprint density at radius 2 is 1.51 bits per heavy atom. The van der Waals surface area contributed by atoms with Crippen LogP contribution in [0, 0.1) is 6.92 Å². The van der Waals surface area contributed by atoms with E-state index in [1.54, 1.807) is 78.6 Å². The molecule has 1 saturated heterocycles. The molecule has 214 valence electrons. The van der Waals surface area contributed by atoms with Crippen LogP contribution in [-0.4, -0.2) is 59.6 Å². The minimum absolute atomic E-state index is 0.126. The third-order valence-corrected chi connectivity index (χ3v) is 8.06. The second-order valence-electron chi connectivity index (χ2n) is 9.26. The largest absolute Gasteiger partial charge is 0.462 e. The Bertz CT molecular complexity index is 1440. The smallest absolute Gasteiger partial charge is 0.338 e. The monoisotopic (exact) mass is 593 g/mol. The highest BCUT2D eigenvalue weighted by Gasteiger charge is 2.44. The van der Waals surface area contributed by atoms with Crippen LogP contribution in [0.2, 0.25) is 0 Å². The molecular formula is C30H31N3O6S2. The fraction of sp³-hybridized carbons (Fsp3) is 0.300. The molecule has 1 aromatic heterocycles. The van der Waals surface area contributed by atoms with E-state index in [1.165, 1.54) is 15.3 Å². The number of nitrogens with zero attached hydrogens (tertiary/aromatic N) is 2. The summed E-state index contributed by atoms with van der Waals surface area (Å²) in [5.74, 6) is -1.59. The van der Waals surface area contributed by atoms with Gasteiger partial charge in [0, 0.05) is 17.1 Å². The Labute approximate surface area is 248 Å². The van der Waals surface area contributed by atoms with Crippen LogP contribution in [0.3, 0.4) is 0 Å². The summed E-state index contributed by atoms with van der Waals surface area (Å²) in [5.41, 5.74) is 2.90. The second-order valence-corrected chi connectivity index (χ2v) is 10.6. The lowest BCUT2D eigenvalue weighted by Crippen LogP contribution is -2.39. The molecule has 0 unspecified atom stereocenters. The number of esters is 2. The number of aryl methyl sites for hydroxylation is 1. The number of nitrogens with one attached hydrogen (secondary N) is 1. The lowest BCUT2D eigenvalue weighted by molar-refractivity contribution is -0.124. The van der Waals surface area contributed by atoms with E-state index in [-0.39, 0.29) is 31.4 Å². The van der Waals surface area contributed by atoms with Gasteiger partial charge in [-0.15, -0.1) is 11.3 Å². The van der Waals surface area contributed by atoms with E-state index in [9.17, 15) is 19.2 Å². The number of hydrogen-bond acceptors (Lipinski definition) is 8. The Kier molecular flexibility index (Phi) is 9.85. The van der Waals surface area contributed by atoms with Crippen molar-refractivity contribution in [1.82, 2.24) is 4.90 Å². The van der Waals surface area contributed by atoms with Crippen LogP contribution in [0.4, 0.5) is 11.4 Å². The van der Waals surface area contributed by atoms with Gasteiger partial charge < -0.3 is 19.7 Å². The number of ether oxygens (including phenoxy) is 2. The maximum atomic E-state index is 13.7. The summed E-state index contributed by atoms with van der Waals surface area (Å²) in [6.07, 6.45) is 0.541. The van der Waals surface area contributed by atoms with E-state index in [2.05, 4.69) is 5.32 Å². The van der Waals surface area contributed by atoms with E-state index < -0.39 is 18.0 Å². The van der Waals surface area contributed by atoms with Crippen molar-refractivity contribution in [1.29, 1.82) is 0 Å². The van der Waals surface area contributed by atoms with Gasteiger partial charge in [-0.25, -0.2) is 9.59 Å². The lowest BCUT2D eigenvalue weighted by Gasteiger charge is -2.24. The van der Waals surface area contributed by atoms with Crippen molar-refractivity contribution in [2.75, 3.05) is 30.0 Å². The molecule has 1 aliphatic heterocycles. The molecule has 11 heteroatoms. The molecule has 2 heterocycles. The maximum absolute atomic E-state index is 13.7. The number of benzene rings is 2. The van der Waals surface area contributed by atoms with Crippen LogP contribution < -0.4 is 10.2 Å². The zero-order chi connectivity index (χ0) is 29.5. The number of rotatable bonds is 11. The van der Waals surface area contributed by atoms with Gasteiger partial charge in [0.05, 0.1) is 36.4 Å². The molecule has 9 nitrogen and oxygen atoms in total. The van der Waals surface area contributed by atoms with E-state index in [0.717, 1.165) is 0 Å². The molecule has 0 radical (unpaired) electrons. The molecule has 1 fully saturated rings. The first-order valence-corrected chi connectivity index (χ1v) is 14.5. The topological polar surface area (TPSA) is 105 Å². The molecule has 1 atom stereocenters.